The zero-order chi connectivity index (χ0) is 20.0. The summed E-state index contributed by atoms with van der Waals surface area (Å²) in [7, 11) is 0. The molecule has 0 radical (unpaired) electrons. The van der Waals surface area contributed by atoms with E-state index in [2.05, 4.69) is 10.6 Å². The van der Waals surface area contributed by atoms with E-state index in [1.165, 1.54) is 19.3 Å². The number of hydrogen-bond acceptors (Lipinski definition) is 4. The van der Waals surface area contributed by atoms with Crippen LogP contribution < -0.4 is 10.6 Å². The van der Waals surface area contributed by atoms with Crippen LogP contribution in [0.5, 0.6) is 0 Å². The van der Waals surface area contributed by atoms with Crippen LogP contribution in [0.15, 0.2) is 0 Å². The van der Waals surface area contributed by atoms with Crippen LogP contribution in [-0.2, 0) is 19.1 Å². The Labute approximate surface area is 167 Å². The number of carbonyl (C=O) groups excluding carboxylic acids is 2. The van der Waals surface area contributed by atoms with Crippen molar-refractivity contribution in [1.82, 2.24) is 10.6 Å². The lowest BCUT2D eigenvalue weighted by Crippen LogP contribution is -2.59. The van der Waals surface area contributed by atoms with Gasteiger partial charge in [0.05, 0.1) is 0 Å². The van der Waals surface area contributed by atoms with E-state index in [0.717, 1.165) is 25.7 Å². The molecule has 1 saturated heterocycles. The van der Waals surface area contributed by atoms with Crippen molar-refractivity contribution in [3.05, 3.63) is 0 Å². The molecule has 0 aromatic carbocycles. The first-order chi connectivity index (χ1) is 13.5. The van der Waals surface area contributed by atoms with Crippen LogP contribution in [0.25, 0.3) is 0 Å². The van der Waals surface area contributed by atoms with Gasteiger partial charge in [0.1, 0.15) is 5.54 Å². The highest BCUT2D eigenvalue weighted by Gasteiger charge is 2.43. The van der Waals surface area contributed by atoms with Gasteiger partial charge in [-0.15, -0.1) is 0 Å². The molecule has 1 aliphatic heterocycles. The maximum atomic E-state index is 12.7. The van der Waals surface area contributed by atoms with Gasteiger partial charge >= 0.3 is 5.97 Å². The molecule has 2 saturated carbocycles. The zero-order valence-corrected chi connectivity index (χ0v) is 16.7. The van der Waals surface area contributed by atoms with Gasteiger partial charge in [0.15, 0.2) is 0 Å². The molecule has 0 aromatic heterocycles. The van der Waals surface area contributed by atoms with Crippen molar-refractivity contribution in [2.75, 3.05) is 13.2 Å². The van der Waals surface area contributed by atoms with Gasteiger partial charge in [0.25, 0.3) is 0 Å². The Morgan fingerprint density at radius 1 is 0.929 bits per heavy atom. The van der Waals surface area contributed by atoms with Crippen LogP contribution in [0.3, 0.4) is 0 Å². The molecule has 2 aliphatic carbocycles. The number of nitrogens with one attached hydrogen (secondary N) is 2. The molecular weight excluding hydrogens is 360 g/mol. The van der Waals surface area contributed by atoms with Crippen LogP contribution in [0.2, 0.25) is 0 Å². The molecule has 2 amide bonds. The van der Waals surface area contributed by atoms with E-state index in [0.29, 0.717) is 51.2 Å². The topological polar surface area (TPSA) is 105 Å². The quantitative estimate of drug-likeness (QED) is 0.642. The predicted octanol–water partition coefficient (Wildman–Crippen LogP) is 2.38. The van der Waals surface area contributed by atoms with Crippen LogP contribution in [-0.4, -0.2) is 47.7 Å². The molecule has 0 unspecified atom stereocenters. The molecule has 3 rings (SSSR count). The molecule has 0 bridgehead atoms. The van der Waals surface area contributed by atoms with Crippen LogP contribution >= 0.6 is 0 Å². The molecule has 3 N–H and O–H groups in total. The van der Waals surface area contributed by atoms with Crippen molar-refractivity contribution in [3.8, 4) is 0 Å². The van der Waals surface area contributed by atoms with Gasteiger partial charge < -0.3 is 20.5 Å². The lowest BCUT2D eigenvalue weighted by atomic mass is 9.83. The fourth-order valence-corrected chi connectivity index (χ4v) is 4.89. The van der Waals surface area contributed by atoms with Gasteiger partial charge in [-0.3, -0.25) is 9.59 Å². The largest absolute Gasteiger partial charge is 0.480 e. The minimum atomic E-state index is -1.19. The smallest absolute Gasteiger partial charge is 0.329 e. The van der Waals surface area contributed by atoms with E-state index < -0.39 is 11.5 Å². The third kappa shape index (κ3) is 5.46. The molecule has 3 aliphatic rings. The van der Waals surface area contributed by atoms with Crippen molar-refractivity contribution >= 4 is 17.8 Å². The van der Waals surface area contributed by atoms with E-state index in [1.807, 2.05) is 0 Å². The minimum absolute atomic E-state index is 0.136. The highest BCUT2D eigenvalue weighted by molar-refractivity contribution is 5.88. The average molecular weight is 395 g/mol. The number of hydrogen-bond donors (Lipinski definition) is 3. The van der Waals surface area contributed by atoms with Crippen LogP contribution in [0, 0.1) is 11.8 Å². The van der Waals surface area contributed by atoms with E-state index in [4.69, 9.17) is 4.74 Å². The molecule has 0 atom stereocenters. The fraction of sp³-hybridized carbons (Fsp3) is 0.857. The van der Waals surface area contributed by atoms with Gasteiger partial charge in [-0.05, 0) is 44.4 Å². The van der Waals surface area contributed by atoms with Crippen molar-refractivity contribution in [2.24, 2.45) is 11.8 Å². The summed E-state index contributed by atoms with van der Waals surface area (Å²) in [4.78, 5) is 36.7. The Kier molecular flexibility index (Phi) is 7.32. The Bertz CT molecular complexity index is 559. The number of carboxylic acid groups (broad SMARTS) is 1. The van der Waals surface area contributed by atoms with Crippen molar-refractivity contribution in [1.29, 1.82) is 0 Å². The number of amides is 2. The summed E-state index contributed by atoms with van der Waals surface area (Å²) in [5.41, 5.74) is -1.19. The molecule has 158 valence electrons. The van der Waals surface area contributed by atoms with E-state index in [9.17, 15) is 19.5 Å². The molecule has 0 aromatic rings. The summed E-state index contributed by atoms with van der Waals surface area (Å²) in [6.07, 6.45) is 10.3. The third-order valence-corrected chi connectivity index (χ3v) is 6.78. The summed E-state index contributed by atoms with van der Waals surface area (Å²) in [5, 5.41) is 15.6. The number of carbonyl (C=O) groups is 3. The van der Waals surface area contributed by atoms with E-state index in [1.54, 1.807) is 0 Å². The standard InChI is InChI=1S/C21H34N2O5/c24-18(14-15-4-2-1-3-5-15)22-17-8-6-16(7-9-17)19(25)23-21(20(26)27)10-12-28-13-11-21/h15-17H,1-14H2,(H,22,24)(H,23,25)(H,26,27). The van der Waals surface area contributed by atoms with Gasteiger partial charge in [-0.25, -0.2) is 4.79 Å². The van der Waals surface area contributed by atoms with E-state index in [-0.39, 0.29) is 23.8 Å². The lowest BCUT2D eigenvalue weighted by Gasteiger charge is -2.36. The molecule has 0 spiro atoms. The maximum absolute atomic E-state index is 12.7. The van der Waals surface area contributed by atoms with Crippen LogP contribution in [0.1, 0.15) is 77.0 Å². The minimum Gasteiger partial charge on any atom is -0.480 e. The fourth-order valence-electron chi connectivity index (χ4n) is 4.89. The Hall–Kier alpha value is -1.63. The van der Waals surface area contributed by atoms with Crippen molar-refractivity contribution in [3.63, 3.8) is 0 Å². The maximum Gasteiger partial charge on any atom is 0.329 e. The second-order valence-corrected chi connectivity index (χ2v) is 8.81. The number of ether oxygens (including phenoxy) is 1. The van der Waals surface area contributed by atoms with Crippen molar-refractivity contribution in [2.45, 2.75) is 88.6 Å². The summed E-state index contributed by atoms with van der Waals surface area (Å²) in [6, 6.07) is 0.136. The summed E-state index contributed by atoms with van der Waals surface area (Å²) >= 11 is 0. The van der Waals surface area contributed by atoms with Gasteiger partial charge in [-0.2, -0.15) is 0 Å². The first-order valence-corrected chi connectivity index (χ1v) is 10.9. The number of carboxylic acids is 1. The lowest BCUT2D eigenvalue weighted by molar-refractivity contribution is -0.153. The monoisotopic (exact) mass is 394 g/mol. The number of aliphatic carboxylic acids is 1. The van der Waals surface area contributed by atoms with Gasteiger partial charge in [0.2, 0.25) is 11.8 Å². The van der Waals surface area contributed by atoms with Crippen LogP contribution in [0.4, 0.5) is 0 Å². The van der Waals surface area contributed by atoms with Crippen molar-refractivity contribution < 1.29 is 24.2 Å². The van der Waals surface area contributed by atoms with Gasteiger partial charge in [-0.1, -0.05) is 19.3 Å². The third-order valence-electron chi connectivity index (χ3n) is 6.78. The first kappa shape index (κ1) is 21.1. The first-order valence-electron chi connectivity index (χ1n) is 10.9. The number of rotatable bonds is 6. The molecule has 28 heavy (non-hydrogen) atoms. The molecule has 3 fully saturated rings. The Balaban J connectivity index is 1.42. The second kappa shape index (κ2) is 9.72. The molecular formula is C21H34N2O5. The molecule has 1 heterocycles. The summed E-state index contributed by atoms with van der Waals surface area (Å²) in [6.45, 7) is 0.707. The molecule has 7 nitrogen and oxygen atoms in total. The summed E-state index contributed by atoms with van der Waals surface area (Å²) < 4.78 is 5.25. The molecule has 7 heteroatoms. The normalized spacial score (nSPS) is 28.3. The average Bonchev–Trinajstić information content (AvgIpc) is 2.70. The highest BCUT2D eigenvalue weighted by atomic mass is 16.5. The summed E-state index contributed by atoms with van der Waals surface area (Å²) in [5.74, 6) is -0.649. The second-order valence-electron chi connectivity index (χ2n) is 8.81. The van der Waals surface area contributed by atoms with Gasteiger partial charge in [0, 0.05) is 44.4 Å². The Morgan fingerprint density at radius 2 is 1.57 bits per heavy atom. The SMILES string of the molecule is O=C(CC1CCCCC1)NC1CCC(C(=O)NC2(C(=O)O)CCOCC2)CC1. The van der Waals surface area contributed by atoms with E-state index >= 15 is 0 Å². The highest BCUT2D eigenvalue weighted by Crippen LogP contribution is 2.29. The zero-order valence-electron chi connectivity index (χ0n) is 16.7. The predicted molar refractivity (Wildman–Crippen MR) is 104 cm³/mol. The Morgan fingerprint density at radius 3 is 2.18 bits per heavy atom.